The third-order valence-corrected chi connectivity index (χ3v) is 10.7. The van der Waals surface area contributed by atoms with Crippen molar-refractivity contribution in [2.45, 2.75) is 97.7 Å². The molecule has 4 heteroatoms. The van der Waals surface area contributed by atoms with Gasteiger partial charge in [0.05, 0.1) is 11.8 Å². The van der Waals surface area contributed by atoms with Crippen LogP contribution in [0.15, 0.2) is 5.16 Å². The van der Waals surface area contributed by atoms with E-state index in [1.165, 1.54) is 44.2 Å². The van der Waals surface area contributed by atoms with Gasteiger partial charge in [-0.15, -0.1) is 0 Å². The van der Waals surface area contributed by atoms with Crippen molar-refractivity contribution in [2.75, 3.05) is 13.1 Å². The van der Waals surface area contributed by atoms with E-state index in [1.807, 2.05) is 0 Å². The third kappa shape index (κ3) is 2.95. The van der Waals surface area contributed by atoms with E-state index in [0.29, 0.717) is 11.3 Å². The summed E-state index contributed by atoms with van der Waals surface area (Å²) in [4.78, 5) is 5.98. The molecule has 5 fully saturated rings. The average Bonchev–Trinajstić information content (AvgIpc) is 3.29. The molecular formula is C25H42N2O2. The fourth-order valence-electron chi connectivity index (χ4n) is 8.90. The highest BCUT2D eigenvalue weighted by Crippen LogP contribution is 2.68. The van der Waals surface area contributed by atoms with Crippen molar-refractivity contribution >= 4 is 5.71 Å². The molecule has 4 saturated carbocycles. The van der Waals surface area contributed by atoms with Crippen LogP contribution in [0.4, 0.5) is 0 Å². The normalized spacial score (nSPS) is 52.7. The molecule has 4 nitrogen and oxygen atoms in total. The maximum atomic E-state index is 10.7. The maximum Gasteiger partial charge on any atom is 0.141 e. The summed E-state index contributed by atoms with van der Waals surface area (Å²) >= 11 is 0. The van der Waals surface area contributed by atoms with Crippen molar-refractivity contribution in [3.8, 4) is 0 Å². The van der Waals surface area contributed by atoms with E-state index in [4.69, 9.17) is 9.99 Å². The molecule has 0 radical (unpaired) electrons. The molecule has 0 spiro atoms. The summed E-state index contributed by atoms with van der Waals surface area (Å²) in [5, 5.41) is 18.8. The number of nitrogens with zero attached hydrogens (tertiary/aromatic N) is 1. The van der Waals surface area contributed by atoms with Crippen LogP contribution in [-0.4, -0.2) is 36.1 Å². The first-order chi connectivity index (χ1) is 13.8. The van der Waals surface area contributed by atoms with Crippen LogP contribution in [0, 0.1) is 39.9 Å². The van der Waals surface area contributed by atoms with E-state index in [0.717, 1.165) is 50.1 Å². The van der Waals surface area contributed by atoms with Gasteiger partial charge in [-0.1, -0.05) is 32.9 Å². The molecule has 1 aliphatic heterocycles. The molecule has 5 rings (SSSR count). The molecule has 4 aliphatic carbocycles. The van der Waals surface area contributed by atoms with Crippen LogP contribution in [0.3, 0.4) is 0 Å². The van der Waals surface area contributed by atoms with Crippen LogP contribution in [-0.2, 0) is 4.84 Å². The van der Waals surface area contributed by atoms with Crippen molar-refractivity contribution in [1.29, 1.82) is 0 Å². The Hall–Kier alpha value is -0.610. The second kappa shape index (κ2) is 6.95. The molecule has 29 heavy (non-hydrogen) atoms. The number of hydrogen-bond donors (Lipinski definition) is 2. The Morgan fingerprint density at radius 1 is 0.931 bits per heavy atom. The highest BCUT2D eigenvalue weighted by atomic mass is 16.6. The largest absolute Gasteiger partial charge is 0.393 e. The Morgan fingerprint density at radius 2 is 1.72 bits per heavy atom. The smallest absolute Gasteiger partial charge is 0.141 e. The second-order valence-corrected chi connectivity index (χ2v) is 12.1. The maximum absolute atomic E-state index is 10.7. The standard InChI is InChI=1S/C25H42N2O2/c1-23(2)20-7-5-17-18-6-8-22(28)25(18,4)12-9-19(17)24(20,3)13-10-21(23)27-29-16-11-14-26-15-16/h16-20,22,26,28H,5-15H2,1-4H3/b27-21+/t16-,17+,18+,19-,20?,22?,24-,25+/m1/s1. The zero-order valence-electron chi connectivity index (χ0n) is 19.0. The molecular weight excluding hydrogens is 360 g/mol. The van der Waals surface area contributed by atoms with Crippen molar-refractivity contribution in [1.82, 2.24) is 5.32 Å². The first-order valence-corrected chi connectivity index (χ1v) is 12.4. The van der Waals surface area contributed by atoms with E-state index in [-0.39, 0.29) is 23.0 Å². The van der Waals surface area contributed by atoms with E-state index < -0.39 is 0 Å². The molecule has 8 atom stereocenters. The number of oxime groups is 1. The summed E-state index contributed by atoms with van der Waals surface area (Å²) < 4.78 is 0. The van der Waals surface area contributed by atoms with Gasteiger partial charge in [-0.3, -0.25) is 0 Å². The molecule has 0 aromatic heterocycles. The number of rotatable bonds is 2. The van der Waals surface area contributed by atoms with Crippen molar-refractivity contribution < 1.29 is 9.94 Å². The van der Waals surface area contributed by atoms with Gasteiger partial charge in [0.1, 0.15) is 6.10 Å². The quantitative estimate of drug-likeness (QED) is 0.655. The number of fused-ring (bicyclic) bond motifs is 5. The monoisotopic (exact) mass is 402 g/mol. The van der Waals surface area contributed by atoms with E-state index in [9.17, 15) is 5.11 Å². The van der Waals surface area contributed by atoms with Gasteiger partial charge < -0.3 is 15.3 Å². The van der Waals surface area contributed by atoms with E-state index in [1.54, 1.807) is 0 Å². The lowest BCUT2D eigenvalue weighted by atomic mass is 9.41. The SMILES string of the molecule is CC1(C)/C(=N/O[C@@H]2CCNC2)CC[C@@]2(C)C1CC[C@@H]1[C@H]2CC[C@]2(C)C(O)CC[C@@H]12. The lowest BCUT2D eigenvalue weighted by Gasteiger charge is -2.63. The molecule has 1 saturated heterocycles. The topological polar surface area (TPSA) is 53.8 Å². The van der Waals surface area contributed by atoms with Gasteiger partial charge in [-0.05, 0) is 92.4 Å². The van der Waals surface area contributed by atoms with Crippen LogP contribution in [0.25, 0.3) is 0 Å². The Morgan fingerprint density at radius 3 is 2.48 bits per heavy atom. The average molecular weight is 403 g/mol. The van der Waals surface area contributed by atoms with Crippen molar-refractivity contribution in [2.24, 2.45) is 45.1 Å². The molecule has 0 aromatic rings. The van der Waals surface area contributed by atoms with Gasteiger partial charge in [0.25, 0.3) is 0 Å². The third-order valence-electron chi connectivity index (χ3n) is 10.7. The highest BCUT2D eigenvalue weighted by molar-refractivity contribution is 5.90. The van der Waals surface area contributed by atoms with Crippen LogP contribution >= 0.6 is 0 Å². The summed E-state index contributed by atoms with van der Waals surface area (Å²) in [6.07, 6.45) is 11.1. The molecule has 2 N–H and O–H groups in total. The van der Waals surface area contributed by atoms with Crippen molar-refractivity contribution in [3.05, 3.63) is 0 Å². The van der Waals surface area contributed by atoms with Gasteiger partial charge >= 0.3 is 0 Å². The fourth-order valence-corrected chi connectivity index (χ4v) is 8.90. The first kappa shape index (κ1) is 20.3. The lowest BCUT2D eigenvalue weighted by Crippen LogP contribution is -2.58. The first-order valence-electron chi connectivity index (χ1n) is 12.4. The second-order valence-electron chi connectivity index (χ2n) is 12.1. The van der Waals surface area contributed by atoms with Gasteiger partial charge in [0.15, 0.2) is 0 Å². The van der Waals surface area contributed by atoms with Crippen LogP contribution in [0.1, 0.15) is 85.5 Å². The summed E-state index contributed by atoms with van der Waals surface area (Å²) in [5.41, 5.74) is 2.03. The molecule has 0 amide bonds. The Labute approximate surface area is 177 Å². The minimum Gasteiger partial charge on any atom is -0.393 e. The number of aliphatic hydroxyl groups is 1. The summed E-state index contributed by atoms with van der Waals surface area (Å²) in [5.74, 6) is 3.09. The Bertz CT molecular complexity index is 670. The zero-order chi connectivity index (χ0) is 20.4. The molecule has 5 aliphatic rings. The molecule has 0 bridgehead atoms. The highest BCUT2D eigenvalue weighted by Gasteiger charge is 2.62. The number of nitrogens with one attached hydrogen (secondary N) is 1. The van der Waals surface area contributed by atoms with Crippen LogP contribution < -0.4 is 5.32 Å². The minimum absolute atomic E-state index is 0.0669. The predicted octanol–water partition coefficient (Wildman–Crippen LogP) is 4.76. The van der Waals surface area contributed by atoms with Crippen LogP contribution in [0.2, 0.25) is 0 Å². The van der Waals surface area contributed by atoms with Gasteiger partial charge in [0.2, 0.25) is 0 Å². The van der Waals surface area contributed by atoms with Gasteiger partial charge in [-0.2, -0.15) is 0 Å². The Kier molecular flexibility index (Phi) is 4.87. The fraction of sp³-hybridized carbons (Fsp3) is 0.960. The summed E-state index contributed by atoms with van der Waals surface area (Å²) in [6.45, 7) is 11.9. The van der Waals surface area contributed by atoms with Crippen molar-refractivity contribution in [3.63, 3.8) is 0 Å². The van der Waals surface area contributed by atoms with E-state index in [2.05, 4.69) is 33.0 Å². The van der Waals surface area contributed by atoms with Crippen LogP contribution in [0.5, 0.6) is 0 Å². The molecule has 2 unspecified atom stereocenters. The summed E-state index contributed by atoms with van der Waals surface area (Å²) in [6, 6.07) is 0. The van der Waals surface area contributed by atoms with E-state index >= 15 is 0 Å². The lowest BCUT2D eigenvalue weighted by molar-refractivity contribution is -0.131. The Balaban J connectivity index is 1.38. The molecule has 164 valence electrons. The van der Waals surface area contributed by atoms with Gasteiger partial charge in [0, 0.05) is 18.4 Å². The summed E-state index contributed by atoms with van der Waals surface area (Å²) in [7, 11) is 0. The molecule has 0 aromatic carbocycles. The van der Waals surface area contributed by atoms with Gasteiger partial charge in [-0.25, -0.2) is 0 Å². The number of hydrogen-bond acceptors (Lipinski definition) is 4. The predicted molar refractivity (Wildman–Crippen MR) is 117 cm³/mol. The number of aliphatic hydroxyl groups excluding tert-OH is 1. The molecule has 1 heterocycles. The minimum atomic E-state index is -0.0669. The zero-order valence-corrected chi connectivity index (χ0v) is 19.0.